The van der Waals surface area contributed by atoms with E-state index < -0.39 is 6.10 Å². The Morgan fingerprint density at radius 2 is 1.86 bits per heavy atom. The van der Waals surface area contributed by atoms with Crippen LogP contribution in [0.3, 0.4) is 0 Å². The summed E-state index contributed by atoms with van der Waals surface area (Å²) >= 11 is 0. The topological polar surface area (TPSA) is 72.9 Å². The number of nitrogens with zero attached hydrogens (tertiary/aromatic N) is 3. The van der Waals surface area contributed by atoms with Gasteiger partial charge in [0.05, 0.1) is 24.5 Å². The van der Waals surface area contributed by atoms with Crippen molar-refractivity contribution in [2.75, 3.05) is 19.7 Å². The summed E-state index contributed by atoms with van der Waals surface area (Å²) in [6.45, 7) is 4.31. The fourth-order valence-electron chi connectivity index (χ4n) is 4.08. The molecule has 4 aromatic rings. The van der Waals surface area contributed by atoms with E-state index in [0.29, 0.717) is 31.3 Å². The van der Waals surface area contributed by atoms with Gasteiger partial charge >= 0.3 is 0 Å². The smallest absolute Gasteiger partial charge is 0.222 e. The molecule has 0 aliphatic rings. The molecule has 2 aromatic heterocycles. The Bertz CT molecular complexity index is 1190. The Balaban J connectivity index is 1.54. The number of benzene rings is 2. The lowest BCUT2D eigenvalue weighted by Gasteiger charge is -2.25. The highest BCUT2D eigenvalue weighted by Gasteiger charge is 2.23. The number of aliphatic hydroxyl groups excluding tert-OH is 1. The predicted octanol–water partition coefficient (Wildman–Crippen LogP) is 5.40. The van der Waals surface area contributed by atoms with Crippen molar-refractivity contribution < 1.29 is 23.4 Å². The minimum Gasteiger partial charge on any atom is -0.467 e. The third-order valence-corrected chi connectivity index (χ3v) is 5.69. The zero-order valence-corrected chi connectivity index (χ0v) is 20.6. The predicted molar refractivity (Wildman–Crippen MR) is 135 cm³/mol. The molecule has 0 radical (unpaired) electrons. The van der Waals surface area contributed by atoms with Gasteiger partial charge in [-0.2, -0.15) is 5.10 Å². The SMILES string of the molecule is CCCN(Cc1c(-c2ccccc2)nn(C)c1Oc1ccc(F)cc1)C[C@@H](O)COCc1ccco1. The second-order valence-corrected chi connectivity index (χ2v) is 8.66. The van der Waals surface area contributed by atoms with Crippen molar-refractivity contribution in [3.05, 3.63) is 90.1 Å². The molecular weight excluding hydrogens is 461 g/mol. The van der Waals surface area contributed by atoms with E-state index in [9.17, 15) is 9.50 Å². The Kier molecular flexibility index (Phi) is 8.89. The Hall–Kier alpha value is -3.46. The van der Waals surface area contributed by atoms with Crippen LogP contribution in [0.1, 0.15) is 24.7 Å². The number of ether oxygens (including phenoxy) is 2. The number of rotatable bonds is 13. The second-order valence-electron chi connectivity index (χ2n) is 8.66. The van der Waals surface area contributed by atoms with Crippen LogP contribution in [0.4, 0.5) is 4.39 Å². The van der Waals surface area contributed by atoms with Crippen LogP contribution in [-0.4, -0.2) is 45.6 Å². The van der Waals surface area contributed by atoms with Crippen LogP contribution in [0.2, 0.25) is 0 Å². The van der Waals surface area contributed by atoms with Gasteiger partial charge in [0.2, 0.25) is 5.88 Å². The summed E-state index contributed by atoms with van der Waals surface area (Å²) in [6.07, 6.45) is 1.83. The molecule has 4 rings (SSSR count). The molecule has 190 valence electrons. The minimum atomic E-state index is -0.676. The highest BCUT2D eigenvalue weighted by atomic mass is 19.1. The molecule has 8 heteroatoms. The molecule has 0 aliphatic heterocycles. The molecule has 0 fully saturated rings. The summed E-state index contributed by atoms with van der Waals surface area (Å²) < 4.78 is 32.3. The van der Waals surface area contributed by atoms with Gasteiger partial charge in [0.1, 0.15) is 29.6 Å². The molecule has 0 saturated heterocycles. The average molecular weight is 494 g/mol. The normalized spacial score (nSPS) is 12.2. The van der Waals surface area contributed by atoms with Crippen molar-refractivity contribution in [2.45, 2.75) is 32.6 Å². The lowest BCUT2D eigenvalue weighted by Crippen LogP contribution is -2.35. The summed E-state index contributed by atoms with van der Waals surface area (Å²) in [5.74, 6) is 1.49. The van der Waals surface area contributed by atoms with E-state index in [1.807, 2.05) is 49.5 Å². The molecule has 0 bridgehead atoms. The van der Waals surface area contributed by atoms with Gasteiger partial charge in [-0.25, -0.2) is 9.07 Å². The lowest BCUT2D eigenvalue weighted by atomic mass is 10.1. The van der Waals surface area contributed by atoms with Crippen molar-refractivity contribution in [3.8, 4) is 22.9 Å². The van der Waals surface area contributed by atoms with Gasteiger partial charge in [0, 0.05) is 25.7 Å². The van der Waals surface area contributed by atoms with Crippen molar-refractivity contribution in [1.82, 2.24) is 14.7 Å². The number of aliphatic hydroxyl groups is 1. The van der Waals surface area contributed by atoms with E-state index in [-0.39, 0.29) is 12.4 Å². The second kappa shape index (κ2) is 12.5. The summed E-state index contributed by atoms with van der Waals surface area (Å²) in [4.78, 5) is 2.17. The molecule has 0 aliphatic carbocycles. The first-order valence-corrected chi connectivity index (χ1v) is 12.1. The zero-order chi connectivity index (χ0) is 25.3. The summed E-state index contributed by atoms with van der Waals surface area (Å²) in [5, 5.41) is 15.4. The highest BCUT2D eigenvalue weighted by molar-refractivity contribution is 5.65. The van der Waals surface area contributed by atoms with Crippen molar-refractivity contribution in [2.24, 2.45) is 7.05 Å². The first-order chi connectivity index (χ1) is 17.5. The lowest BCUT2D eigenvalue weighted by molar-refractivity contribution is 0.00381. The molecule has 0 unspecified atom stereocenters. The fourth-order valence-corrected chi connectivity index (χ4v) is 4.08. The van der Waals surface area contributed by atoms with E-state index in [0.717, 1.165) is 35.5 Å². The monoisotopic (exact) mass is 493 g/mol. The molecule has 36 heavy (non-hydrogen) atoms. The standard InChI is InChI=1S/C28H32FN3O4/c1-3-15-32(17-23(33)19-34-20-25-10-7-16-35-25)18-26-27(21-8-5-4-6-9-21)30-31(2)28(26)36-24-13-11-22(29)12-14-24/h4-14,16,23,33H,3,15,17-20H2,1-2H3/t23-/m1/s1. The molecule has 0 amide bonds. The molecule has 0 saturated carbocycles. The Morgan fingerprint density at radius 1 is 1.08 bits per heavy atom. The molecule has 2 aromatic carbocycles. The van der Waals surface area contributed by atoms with Crippen LogP contribution in [0, 0.1) is 5.82 Å². The summed E-state index contributed by atoms with van der Waals surface area (Å²) in [6, 6.07) is 19.5. The van der Waals surface area contributed by atoms with Crippen molar-refractivity contribution in [1.29, 1.82) is 0 Å². The van der Waals surface area contributed by atoms with Crippen LogP contribution in [0.25, 0.3) is 11.3 Å². The van der Waals surface area contributed by atoms with Gasteiger partial charge in [0.25, 0.3) is 0 Å². The molecule has 2 heterocycles. The molecule has 0 spiro atoms. The van der Waals surface area contributed by atoms with Gasteiger partial charge in [-0.15, -0.1) is 0 Å². The van der Waals surface area contributed by atoms with E-state index in [2.05, 4.69) is 11.8 Å². The molecule has 1 atom stereocenters. The third kappa shape index (κ3) is 6.81. The van der Waals surface area contributed by atoms with Crippen LogP contribution < -0.4 is 4.74 Å². The van der Waals surface area contributed by atoms with E-state index >= 15 is 0 Å². The van der Waals surface area contributed by atoms with Crippen LogP contribution in [0.5, 0.6) is 11.6 Å². The summed E-state index contributed by atoms with van der Waals surface area (Å²) in [5.41, 5.74) is 2.67. The van der Waals surface area contributed by atoms with Gasteiger partial charge in [0.15, 0.2) is 0 Å². The first-order valence-electron chi connectivity index (χ1n) is 12.1. The fraction of sp³-hybridized carbons (Fsp3) is 0.321. The number of halogens is 1. The van der Waals surface area contributed by atoms with E-state index in [1.54, 1.807) is 23.1 Å². The Labute approximate surface area is 210 Å². The largest absolute Gasteiger partial charge is 0.467 e. The first kappa shape index (κ1) is 25.6. The Morgan fingerprint density at radius 3 is 2.56 bits per heavy atom. The summed E-state index contributed by atoms with van der Waals surface area (Å²) in [7, 11) is 1.83. The number of furan rings is 1. The van der Waals surface area contributed by atoms with Crippen LogP contribution >= 0.6 is 0 Å². The maximum atomic E-state index is 13.4. The van der Waals surface area contributed by atoms with Gasteiger partial charge in [-0.3, -0.25) is 4.90 Å². The van der Waals surface area contributed by atoms with Crippen LogP contribution in [0.15, 0.2) is 77.4 Å². The molecule has 7 nitrogen and oxygen atoms in total. The van der Waals surface area contributed by atoms with Gasteiger partial charge in [-0.1, -0.05) is 37.3 Å². The van der Waals surface area contributed by atoms with E-state index in [4.69, 9.17) is 19.0 Å². The molecular formula is C28H32FN3O4. The van der Waals surface area contributed by atoms with Crippen molar-refractivity contribution in [3.63, 3.8) is 0 Å². The number of hydrogen-bond donors (Lipinski definition) is 1. The number of aryl methyl sites for hydroxylation is 1. The van der Waals surface area contributed by atoms with Gasteiger partial charge in [-0.05, 0) is 49.4 Å². The maximum Gasteiger partial charge on any atom is 0.222 e. The third-order valence-electron chi connectivity index (χ3n) is 5.69. The average Bonchev–Trinajstić information content (AvgIpc) is 3.50. The highest BCUT2D eigenvalue weighted by Crippen LogP contribution is 2.34. The van der Waals surface area contributed by atoms with E-state index in [1.165, 1.54) is 12.1 Å². The van der Waals surface area contributed by atoms with Gasteiger partial charge < -0.3 is 19.0 Å². The number of hydrogen-bond acceptors (Lipinski definition) is 6. The van der Waals surface area contributed by atoms with Crippen molar-refractivity contribution >= 4 is 0 Å². The van der Waals surface area contributed by atoms with Crippen LogP contribution in [-0.2, 0) is 24.9 Å². The molecule has 1 N–H and O–H groups in total. The maximum absolute atomic E-state index is 13.4. The minimum absolute atomic E-state index is 0.193. The number of aromatic nitrogens is 2. The zero-order valence-electron chi connectivity index (χ0n) is 20.6. The quantitative estimate of drug-likeness (QED) is 0.269.